The van der Waals surface area contributed by atoms with Gasteiger partial charge in [0.05, 0.1) is 0 Å². The minimum atomic E-state index is 0.223. The van der Waals surface area contributed by atoms with Gasteiger partial charge in [-0.15, -0.1) is 0 Å². The van der Waals surface area contributed by atoms with Gasteiger partial charge in [-0.3, -0.25) is 11.3 Å². The highest BCUT2D eigenvalue weighted by molar-refractivity contribution is 5.86. The molecule has 0 aliphatic heterocycles. The van der Waals surface area contributed by atoms with Crippen LogP contribution in [0.1, 0.15) is 31.9 Å². The zero-order valence-electron chi connectivity index (χ0n) is 10.5. The van der Waals surface area contributed by atoms with Gasteiger partial charge in [-0.2, -0.15) is 0 Å². The summed E-state index contributed by atoms with van der Waals surface area (Å²) in [5.41, 5.74) is 4.23. The van der Waals surface area contributed by atoms with Gasteiger partial charge in [0.15, 0.2) is 0 Å². The van der Waals surface area contributed by atoms with E-state index in [0.717, 1.165) is 6.42 Å². The van der Waals surface area contributed by atoms with Crippen molar-refractivity contribution in [3.63, 3.8) is 0 Å². The first kappa shape index (κ1) is 12.1. The number of benzene rings is 2. The fourth-order valence-electron chi connectivity index (χ4n) is 2.31. The van der Waals surface area contributed by atoms with Gasteiger partial charge in [0, 0.05) is 6.04 Å². The lowest BCUT2D eigenvalue weighted by atomic mass is 9.93. The van der Waals surface area contributed by atoms with Crippen molar-refractivity contribution in [2.24, 2.45) is 11.8 Å². The van der Waals surface area contributed by atoms with Crippen LogP contribution < -0.4 is 11.3 Å². The standard InChI is InChI=1S/C15H20N2/c1-11(2)10-15(17-16)14-9-5-7-12-6-3-4-8-13(12)14/h3-9,11,15,17H,10,16H2,1-2H3. The van der Waals surface area contributed by atoms with Gasteiger partial charge in [0.25, 0.3) is 0 Å². The SMILES string of the molecule is CC(C)CC(NN)c1cccc2ccccc12. The van der Waals surface area contributed by atoms with E-state index >= 15 is 0 Å². The number of fused-ring (bicyclic) bond motifs is 1. The van der Waals surface area contributed by atoms with E-state index in [-0.39, 0.29) is 6.04 Å². The lowest BCUT2D eigenvalue weighted by Crippen LogP contribution is -2.29. The lowest BCUT2D eigenvalue weighted by molar-refractivity contribution is 0.440. The molecule has 0 saturated heterocycles. The number of nitrogens with two attached hydrogens (primary N) is 1. The first-order valence-corrected chi connectivity index (χ1v) is 6.16. The monoisotopic (exact) mass is 228 g/mol. The number of hydrazine groups is 1. The predicted molar refractivity (Wildman–Crippen MR) is 73.5 cm³/mol. The summed E-state index contributed by atoms with van der Waals surface area (Å²) in [5.74, 6) is 6.31. The zero-order valence-corrected chi connectivity index (χ0v) is 10.5. The Morgan fingerprint density at radius 3 is 2.47 bits per heavy atom. The lowest BCUT2D eigenvalue weighted by Gasteiger charge is -2.20. The van der Waals surface area contributed by atoms with Crippen LogP contribution in [0.25, 0.3) is 10.8 Å². The molecule has 0 amide bonds. The van der Waals surface area contributed by atoms with Crippen LogP contribution in [0.15, 0.2) is 42.5 Å². The van der Waals surface area contributed by atoms with E-state index in [1.165, 1.54) is 16.3 Å². The van der Waals surface area contributed by atoms with Crippen LogP contribution >= 0.6 is 0 Å². The van der Waals surface area contributed by atoms with E-state index < -0.39 is 0 Å². The summed E-state index contributed by atoms with van der Waals surface area (Å²) in [6, 6.07) is 15.1. The maximum Gasteiger partial charge on any atom is 0.0468 e. The van der Waals surface area contributed by atoms with Gasteiger partial charge in [0.1, 0.15) is 0 Å². The molecular formula is C15H20N2. The summed E-state index contributed by atoms with van der Waals surface area (Å²) < 4.78 is 0. The molecule has 0 radical (unpaired) electrons. The summed E-state index contributed by atoms with van der Waals surface area (Å²) in [7, 11) is 0. The molecule has 3 N–H and O–H groups in total. The van der Waals surface area contributed by atoms with Crippen molar-refractivity contribution in [1.82, 2.24) is 5.43 Å². The maximum atomic E-state index is 5.69. The Bertz CT molecular complexity index is 486. The highest BCUT2D eigenvalue weighted by Gasteiger charge is 2.13. The predicted octanol–water partition coefficient (Wildman–Crippen LogP) is 3.39. The molecule has 1 atom stereocenters. The van der Waals surface area contributed by atoms with E-state index in [1.54, 1.807) is 0 Å². The average molecular weight is 228 g/mol. The summed E-state index contributed by atoms with van der Waals surface area (Å²) in [4.78, 5) is 0. The topological polar surface area (TPSA) is 38.0 Å². The molecule has 17 heavy (non-hydrogen) atoms. The van der Waals surface area contributed by atoms with Crippen LogP contribution in [0.5, 0.6) is 0 Å². The molecule has 0 aliphatic rings. The second-order valence-corrected chi connectivity index (χ2v) is 4.92. The third-order valence-corrected chi connectivity index (χ3v) is 3.11. The molecule has 90 valence electrons. The van der Waals surface area contributed by atoms with Crippen molar-refractivity contribution in [3.05, 3.63) is 48.0 Å². The third kappa shape index (κ3) is 2.65. The van der Waals surface area contributed by atoms with Crippen LogP contribution in [0.3, 0.4) is 0 Å². The van der Waals surface area contributed by atoms with Crippen LogP contribution in [0, 0.1) is 5.92 Å². The minimum Gasteiger partial charge on any atom is -0.271 e. The normalized spacial score (nSPS) is 13.2. The molecule has 0 saturated carbocycles. The van der Waals surface area contributed by atoms with Crippen molar-refractivity contribution in [1.29, 1.82) is 0 Å². The Balaban J connectivity index is 2.46. The highest BCUT2D eigenvalue weighted by atomic mass is 15.2. The average Bonchev–Trinajstić information content (AvgIpc) is 2.35. The first-order valence-electron chi connectivity index (χ1n) is 6.16. The van der Waals surface area contributed by atoms with Gasteiger partial charge in [-0.25, -0.2) is 0 Å². The van der Waals surface area contributed by atoms with Gasteiger partial charge in [-0.1, -0.05) is 56.3 Å². The molecule has 1 unspecified atom stereocenters. The smallest absolute Gasteiger partial charge is 0.0468 e. The maximum absolute atomic E-state index is 5.69. The first-order chi connectivity index (χ1) is 8.22. The summed E-state index contributed by atoms with van der Waals surface area (Å²) in [6.07, 6.45) is 1.05. The van der Waals surface area contributed by atoms with Crippen LogP contribution in [0.2, 0.25) is 0 Å². The molecule has 2 heteroatoms. The number of hydrogen-bond acceptors (Lipinski definition) is 2. The Morgan fingerprint density at radius 2 is 1.76 bits per heavy atom. The van der Waals surface area contributed by atoms with Crippen molar-refractivity contribution >= 4 is 10.8 Å². The molecule has 2 aromatic rings. The van der Waals surface area contributed by atoms with Crippen molar-refractivity contribution < 1.29 is 0 Å². The number of nitrogens with one attached hydrogen (secondary N) is 1. The van der Waals surface area contributed by atoms with Crippen molar-refractivity contribution in [3.8, 4) is 0 Å². The Labute approximate surface area is 103 Å². The molecule has 2 nitrogen and oxygen atoms in total. The van der Waals surface area contributed by atoms with E-state index in [9.17, 15) is 0 Å². The van der Waals surface area contributed by atoms with Gasteiger partial charge >= 0.3 is 0 Å². The summed E-state index contributed by atoms with van der Waals surface area (Å²) >= 11 is 0. The van der Waals surface area contributed by atoms with E-state index in [1.807, 2.05) is 0 Å². The van der Waals surface area contributed by atoms with Gasteiger partial charge in [-0.05, 0) is 28.7 Å². The van der Waals surface area contributed by atoms with Crippen LogP contribution in [-0.4, -0.2) is 0 Å². The summed E-state index contributed by atoms with van der Waals surface area (Å²) in [6.45, 7) is 4.44. The van der Waals surface area contributed by atoms with Gasteiger partial charge in [0.2, 0.25) is 0 Å². The summed E-state index contributed by atoms with van der Waals surface area (Å²) in [5, 5.41) is 2.56. The quantitative estimate of drug-likeness (QED) is 0.622. The molecule has 0 spiro atoms. The van der Waals surface area contributed by atoms with E-state index in [0.29, 0.717) is 5.92 Å². The Kier molecular flexibility index (Phi) is 3.77. The largest absolute Gasteiger partial charge is 0.271 e. The Hall–Kier alpha value is -1.38. The molecule has 0 aliphatic carbocycles. The number of rotatable bonds is 4. The van der Waals surface area contributed by atoms with E-state index in [2.05, 4.69) is 61.7 Å². The fraction of sp³-hybridized carbons (Fsp3) is 0.333. The molecule has 0 fully saturated rings. The second-order valence-electron chi connectivity index (χ2n) is 4.92. The van der Waals surface area contributed by atoms with Crippen molar-refractivity contribution in [2.45, 2.75) is 26.3 Å². The molecule has 2 rings (SSSR count). The second kappa shape index (κ2) is 5.30. The van der Waals surface area contributed by atoms with E-state index in [4.69, 9.17) is 5.84 Å². The molecule has 2 aromatic carbocycles. The Morgan fingerprint density at radius 1 is 1.06 bits per heavy atom. The fourth-order valence-corrected chi connectivity index (χ4v) is 2.31. The van der Waals surface area contributed by atoms with Crippen LogP contribution in [0.4, 0.5) is 0 Å². The van der Waals surface area contributed by atoms with Gasteiger partial charge < -0.3 is 0 Å². The molecule has 0 bridgehead atoms. The molecule has 0 heterocycles. The highest BCUT2D eigenvalue weighted by Crippen LogP contribution is 2.27. The van der Waals surface area contributed by atoms with Crippen LogP contribution in [-0.2, 0) is 0 Å². The molecular weight excluding hydrogens is 208 g/mol. The van der Waals surface area contributed by atoms with Crippen molar-refractivity contribution in [2.75, 3.05) is 0 Å². The third-order valence-electron chi connectivity index (χ3n) is 3.11. The number of hydrogen-bond donors (Lipinski definition) is 2. The zero-order chi connectivity index (χ0) is 12.3. The minimum absolute atomic E-state index is 0.223. The molecule has 0 aromatic heterocycles.